The van der Waals surface area contributed by atoms with Crippen LogP contribution in [0.2, 0.25) is 0 Å². The number of fused-ring (bicyclic) bond motifs is 6. The van der Waals surface area contributed by atoms with E-state index in [0.717, 1.165) is 41.0 Å². The third-order valence-corrected chi connectivity index (χ3v) is 6.00. The molecule has 2 aromatic rings. The Bertz CT molecular complexity index is 968. The van der Waals surface area contributed by atoms with Gasteiger partial charge in [-0.1, -0.05) is 25.1 Å². The van der Waals surface area contributed by atoms with Crippen molar-refractivity contribution in [1.82, 2.24) is 24.5 Å². The molecule has 0 spiro atoms. The van der Waals surface area contributed by atoms with Crippen molar-refractivity contribution in [3.05, 3.63) is 53.7 Å². The van der Waals surface area contributed by atoms with Crippen molar-refractivity contribution in [1.29, 1.82) is 0 Å². The van der Waals surface area contributed by atoms with Gasteiger partial charge in [-0.05, 0) is 36.0 Å². The molecule has 3 unspecified atom stereocenters. The maximum Gasteiger partial charge on any atom is 0.173 e. The molecule has 4 heterocycles. The van der Waals surface area contributed by atoms with E-state index in [1.54, 1.807) is 15.5 Å². The number of para-hydroxylation sites is 1. The quantitative estimate of drug-likeness (QED) is 0.760. The van der Waals surface area contributed by atoms with Crippen molar-refractivity contribution in [2.75, 3.05) is 16.7 Å². The highest BCUT2D eigenvalue weighted by molar-refractivity contribution is 6.14. The first-order valence-electron chi connectivity index (χ1n) is 9.23. The van der Waals surface area contributed by atoms with Gasteiger partial charge in [-0.25, -0.2) is 10.0 Å². The van der Waals surface area contributed by atoms with Crippen molar-refractivity contribution < 1.29 is 0 Å². The Kier molecular flexibility index (Phi) is 3.06. The van der Waals surface area contributed by atoms with Gasteiger partial charge in [-0.2, -0.15) is 5.12 Å². The number of nitrogens with zero attached hydrogens (tertiary/aromatic N) is 8. The van der Waals surface area contributed by atoms with Gasteiger partial charge in [-0.15, -0.1) is 9.89 Å². The minimum atomic E-state index is -0.136. The number of aromatic nitrogens is 3. The van der Waals surface area contributed by atoms with Crippen LogP contribution in [0.4, 0.5) is 5.69 Å². The molecule has 1 aliphatic carbocycles. The first kappa shape index (κ1) is 15.3. The third kappa shape index (κ3) is 2.26. The van der Waals surface area contributed by atoms with Gasteiger partial charge in [0.2, 0.25) is 0 Å². The Balaban J connectivity index is 1.37. The summed E-state index contributed by atoms with van der Waals surface area (Å²) in [5, 5.41) is 12.7. The van der Waals surface area contributed by atoms with E-state index < -0.39 is 0 Å². The highest BCUT2D eigenvalue weighted by atomic mass is 35.5. The van der Waals surface area contributed by atoms with Gasteiger partial charge in [0.25, 0.3) is 0 Å². The van der Waals surface area contributed by atoms with E-state index in [2.05, 4.69) is 39.3 Å². The van der Waals surface area contributed by atoms with Crippen LogP contribution in [0.5, 0.6) is 0 Å². The van der Waals surface area contributed by atoms with Crippen molar-refractivity contribution in [2.24, 2.45) is 16.8 Å². The predicted molar refractivity (Wildman–Crippen MR) is 102 cm³/mol. The molecule has 6 rings (SSSR count). The molecule has 1 aromatic carbocycles. The lowest BCUT2D eigenvalue weighted by Gasteiger charge is -2.41. The van der Waals surface area contributed by atoms with Gasteiger partial charge >= 0.3 is 0 Å². The number of benzene rings is 1. The molecule has 4 aliphatic rings. The van der Waals surface area contributed by atoms with Crippen LogP contribution >= 0.6 is 11.8 Å². The van der Waals surface area contributed by atoms with Crippen molar-refractivity contribution >= 4 is 23.8 Å². The molecule has 3 atom stereocenters. The van der Waals surface area contributed by atoms with Gasteiger partial charge in [0, 0.05) is 17.3 Å². The molecule has 0 N–H and O–H groups in total. The number of hydrogen-bond acceptors (Lipinski definition) is 7. The third-order valence-electron chi connectivity index (χ3n) is 5.80. The summed E-state index contributed by atoms with van der Waals surface area (Å²) in [6, 6.07) is 8.31. The molecule has 138 valence electrons. The summed E-state index contributed by atoms with van der Waals surface area (Å²) in [5.41, 5.74) is 3.30. The van der Waals surface area contributed by atoms with E-state index in [4.69, 9.17) is 16.8 Å². The molecule has 3 aliphatic heterocycles. The fraction of sp³-hybridized carbons (Fsp3) is 0.389. The largest absolute Gasteiger partial charge is 0.305 e. The van der Waals surface area contributed by atoms with Crippen molar-refractivity contribution in [3.63, 3.8) is 0 Å². The summed E-state index contributed by atoms with van der Waals surface area (Å²) in [4.78, 5) is 8.69. The molecule has 9 heteroatoms. The van der Waals surface area contributed by atoms with E-state index in [9.17, 15) is 0 Å². The summed E-state index contributed by atoms with van der Waals surface area (Å²) in [6.07, 6.45) is 7.87. The second-order valence-electron chi connectivity index (χ2n) is 7.63. The second kappa shape index (κ2) is 5.39. The summed E-state index contributed by atoms with van der Waals surface area (Å²) in [5.74, 6) is 2.52. The van der Waals surface area contributed by atoms with Crippen LogP contribution < -0.4 is 10.0 Å². The summed E-state index contributed by atoms with van der Waals surface area (Å²) < 4.78 is 1.66. The molecular weight excluding hydrogens is 364 g/mol. The molecule has 1 aromatic heterocycles. The second-order valence-corrected chi connectivity index (χ2v) is 8.06. The highest BCUT2D eigenvalue weighted by Crippen LogP contribution is 2.45. The number of hydrogen-bond donors (Lipinski definition) is 0. The van der Waals surface area contributed by atoms with Crippen molar-refractivity contribution in [2.45, 2.75) is 25.9 Å². The zero-order chi connectivity index (χ0) is 18.1. The molecule has 0 bridgehead atoms. The summed E-state index contributed by atoms with van der Waals surface area (Å²) in [6.45, 7) is 2.88. The first-order valence-corrected chi connectivity index (χ1v) is 9.57. The Morgan fingerprint density at radius 1 is 1.26 bits per heavy atom. The average molecular weight is 383 g/mol. The van der Waals surface area contributed by atoms with E-state index in [1.165, 1.54) is 6.42 Å². The highest BCUT2D eigenvalue weighted by Gasteiger charge is 2.44. The number of rotatable bonds is 3. The topological polar surface area (TPSA) is 56.0 Å². The molecule has 0 amide bonds. The van der Waals surface area contributed by atoms with E-state index in [0.29, 0.717) is 6.67 Å². The lowest BCUT2D eigenvalue weighted by molar-refractivity contribution is 0.226. The number of aliphatic imine (C=N–C) groups is 1. The lowest BCUT2D eigenvalue weighted by atomic mass is 10.1. The summed E-state index contributed by atoms with van der Waals surface area (Å²) >= 11 is 6.31. The van der Waals surface area contributed by atoms with E-state index in [-0.39, 0.29) is 6.17 Å². The van der Waals surface area contributed by atoms with E-state index in [1.807, 2.05) is 29.6 Å². The van der Waals surface area contributed by atoms with Crippen LogP contribution in [0.25, 0.3) is 0 Å². The average Bonchev–Trinajstić information content (AvgIpc) is 3.07. The smallest absolute Gasteiger partial charge is 0.173 e. The number of anilines is 1. The normalized spacial score (nSPS) is 27.6. The maximum absolute atomic E-state index is 6.31. The van der Waals surface area contributed by atoms with Crippen LogP contribution in [-0.2, 0) is 6.42 Å². The summed E-state index contributed by atoms with van der Waals surface area (Å²) in [7, 11) is 0. The molecular formula is C18H19ClN8. The molecule has 0 radical (unpaired) electrons. The van der Waals surface area contributed by atoms with Gasteiger partial charge in [0.15, 0.2) is 12.0 Å². The molecule has 8 nitrogen and oxygen atoms in total. The number of halogens is 1. The maximum atomic E-state index is 6.31. The standard InChI is InChI=1S/C18H19ClN8/c1-12-6-13(12)7-14-8-25(22-21-14)26-10-20-18-15-4-2-3-5-16(15)24-11-23(19)9-17(24)27(18)26/h2-5,8-10,12-13,18H,6-7,11H2,1H3. The Morgan fingerprint density at radius 3 is 2.96 bits per heavy atom. The molecule has 1 fully saturated rings. The minimum absolute atomic E-state index is 0.136. The van der Waals surface area contributed by atoms with Crippen molar-refractivity contribution in [3.8, 4) is 0 Å². The fourth-order valence-corrected chi connectivity index (χ4v) is 4.35. The van der Waals surface area contributed by atoms with Crippen LogP contribution in [0.15, 0.2) is 47.5 Å². The monoisotopic (exact) mass is 382 g/mol. The SMILES string of the molecule is CC1CC1Cc1cn(N2C=NC3c4ccccc4N4CN(Cl)C=C4N32)nn1. The predicted octanol–water partition coefficient (Wildman–Crippen LogP) is 2.42. The minimum Gasteiger partial charge on any atom is -0.305 e. The van der Waals surface area contributed by atoms with Gasteiger partial charge in [0.05, 0.1) is 23.8 Å². The molecule has 0 saturated heterocycles. The van der Waals surface area contributed by atoms with Gasteiger partial charge in [-0.3, -0.25) is 4.42 Å². The van der Waals surface area contributed by atoms with Crippen LogP contribution in [0.3, 0.4) is 0 Å². The Labute approximate surface area is 162 Å². The van der Waals surface area contributed by atoms with E-state index >= 15 is 0 Å². The van der Waals surface area contributed by atoms with Gasteiger partial charge in [0.1, 0.15) is 13.0 Å². The van der Waals surface area contributed by atoms with Gasteiger partial charge < -0.3 is 4.90 Å². The molecule has 27 heavy (non-hydrogen) atoms. The zero-order valence-corrected chi connectivity index (χ0v) is 15.6. The van der Waals surface area contributed by atoms with Crippen LogP contribution in [-0.4, -0.2) is 37.5 Å². The number of hydrazine groups is 1. The van der Waals surface area contributed by atoms with Crippen LogP contribution in [0, 0.1) is 11.8 Å². The lowest BCUT2D eigenvalue weighted by Crippen LogP contribution is -2.51. The fourth-order valence-electron chi connectivity index (χ4n) is 4.16. The Morgan fingerprint density at radius 2 is 2.11 bits per heavy atom. The zero-order valence-electron chi connectivity index (χ0n) is 14.9. The Hall–Kier alpha value is -2.74. The molecule has 1 saturated carbocycles. The van der Waals surface area contributed by atoms with Crippen LogP contribution in [0.1, 0.15) is 30.8 Å². The first-order chi connectivity index (χ1) is 13.2.